The molecule has 0 radical (unpaired) electrons. The van der Waals surface area contributed by atoms with E-state index in [0.717, 1.165) is 29.7 Å². The van der Waals surface area contributed by atoms with Crippen molar-refractivity contribution in [3.63, 3.8) is 0 Å². The fraction of sp³-hybridized carbons (Fsp3) is 0.276. The van der Waals surface area contributed by atoms with Crippen LogP contribution < -0.4 is 0 Å². The minimum absolute atomic E-state index is 0.0932. The second kappa shape index (κ2) is 11.2. The van der Waals surface area contributed by atoms with Gasteiger partial charge in [0.05, 0.1) is 30.1 Å². The number of hydrogen-bond donors (Lipinski definition) is 1. The first-order valence-electron chi connectivity index (χ1n) is 13.3. The predicted octanol–water partition coefficient (Wildman–Crippen LogP) is 5.79. The molecule has 3 aliphatic rings. The Bertz CT molecular complexity index is 1760. The number of benzene rings is 2. The van der Waals surface area contributed by atoms with Crippen molar-refractivity contribution in [2.45, 2.75) is 37.4 Å². The Morgan fingerprint density at radius 2 is 1.86 bits per heavy atom. The van der Waals surface area contributed by atoms with Crippen LogP contribution >= 0.6 is 0 Å². The molecule has 9 nitrogen and oxygen atoms in total. The summed E-state index contributed by atoms with van der Waals surface area (Å²) in [7, 11) is 0. The van der Waals surface area contributed by atoms with Crippen molar-refractivity contribution in [2.24, 2.45) is 0 Å². The third-order valence-corrected chi connectivity index (χ3v) is 6.98. The zero-order valence-corrected chi connectivity index (χ0v) is 22.2. The van der Waals surface area contributed by atoms with Crippen LogP contribution in [0.3, 0.4) is 0 Å². The quantitative estimate of drug-likeness (QED) is 0.129. The van der Waals surface area contributed by atoms with Gasteiger partial charge in [-0.15, -0.1) is 0 Å². The number of carbonyl (C=O) groups excluding carboxylic acids is 1. The molecule has 0 amide bonds. The maximum absolute atomic E-state index is 14.4. The molecule has 1 unspecified atom stereocenters. The number of carbonyl (C=O) groups is 1. The second-order valence-corrected chi connectivity index (χ2v) is 10.0. The molecule has 2 aromatic carbocycles. The molecule has 2 aliphatic heterocycles. The van der Waals surface area contributed by atoms with E-state index in [9.17, 15) is 26.7 Å². The van der Waals surface area contributed by atoms with E-state index in [1.165, 1.54) is 36.7 Å². The lowest BCUT2D eigenvalue weighted by Crippen LogP contribution is -2.25. The lowest BCUT2D eigenvalue weighted by atomic mass is 9.98. The highest BCUT2D eigenvalue weighted by Crippen LogP contribution is 2.44. The Balaban J connectivity index is 1.39. The molecule has 0 bridgehead atoms. The topological polar surface area (TPSA) is 116 Å². The molecule has 1 aliphatic carbocycles. The lowest BCUT2D eigenvalue weighted by molar-refractivity contribution is -0.147. The van der Waals surface area contributed by atoms with Gasteiger partial charge in [0.2, 0.25) is 6.04 Å². The van der Waals surface area contributed by atoms with Gasteiger partial charge in [-0.25, -0.2) is 28.2 Å². The summed E-state index contributed by atoms with van der Waals surface area (Å²) in [6.07, 6.45) is -0.367. The number of nitrogens with zero attached hydrogens (tertiary/aromatic N) is 5. The Hall–Kier alpha value is -4.72. The Kier molecular flexibility index (Phi) is 7.38. The molecule has 1 saturated carbocycles. The van der Waals surface area contributed by atoms with E-state index < -0.39 is 35.4 Å². The molecule has 1 fully saturated rings. The van der Waals surface area contributed by atoms with Crippen molar-refractivity contribution < 1.29 is 41.1 Å². The third kappa shape index (κ3) is 5.69. The van der Waals surface area contributed by atoms with Crippen LogP contribution in [-0.4, -0.2) is 49.2 Å². The van der Waals surface area contributed by atoms with Crippen LogP contribution in [-0.2, 0) is 15.7 Å². The van der Waals surface area contributed by atoms with Crippen molar-refractivity contribution >= 4 is 5.97 Å². The van der Waals surface area contributed by atoms with Gasteiger partial charge in [-0.05, 0) is 42.5 Å². The molecule has 3 heterocycles. The first-order valence-corrected chi connectivity index (χ1v) is 13.3. The average Bonchev–Trinajstić information content (AvgIpc) is 3.57. The van der Waals surface area contributed by atoms with Gasteiger partial charge >= 0.3 is 12.1 Å². The molecular weight excluding hydrogens is 577 g/mol. The monoisotopic (exact) mass is 599 g/mol. The van der Waals surface area contributed by atoms with E-state index in [4.69, 9.17) is 14.4 Å². The van der Waals surface area contributed by atoms with E-state index in [1.807, 2.05) is 0 Å². The number of aliphatic hydroxyl groups is 1. The van der Waals surface area contributed by atoms with E-state index >= 15 is 0 Å². The number of imidazole rings is 1. The molecule has 222 valence electrons. The van der Waals surface area contributed by atoms with Gasteiger partial charge in [0.1, 0.15) is 17.1 Å². The second-order valence-electron chi connectivity index (χ2n) is 10.0. The van der Waals surface area contributed by atoms with Gasteiger partial charge < -0.3 is 14.4 Å². The maximum atomic E-state index is 14.4. The normalized spacial score (nSPS) is 14.3. The fourth-order valence-corrected chi connectivity index (χ4v) is 4.68. The van der Waals surface area contributed by atoms with Crippen LogP contribution in [0, 0.1) is 11.6 Å². The number of halogens is 5. The van der Waals surface area contributed by atoms with Crippen LogP contribution in [0.4, 0.5) is 22.0 Å². The zero-order valence-electron chi connectivity index (χ0n) is 22.2. The lowest BCUT2D eigenvalue weighted by Gasteiger charge is -2.16. The van der Waals surface area contributed by atoms with Gasteiger partial charge in [0.15, 0.2) is 23.2 Å². The van der Waals surface area contributed by atoms with Crippen molar-refractivity contribution in [1.82, 2.24) is 24.9 Å². The summed E-state index contributed by atoms with van der Waals surface area (Å²) < 4.78 is 81.9. The first kappa shape index (κ1) is 28.4. The summed E-state index contributed by atoms with van der Waals surface area (Å²) in [6, 6.07) is 7.35. The van der Waals surface area contributed by atoms with E-state index in [1.54, 1.807) is 6.07 Å². The highest BCUT2D eigenvalue weighted by atomic mass is 19.4. The molecule has 14 heteroatoms. The molecule has 0 spiro atoms. The number of hydrogen-bond acceptors (Lipinski definition) is 8. The number of ether oxygens (including phenoxy) is 1. The van der Waals surface area contributed by atoms with Crippen LogP contribution in [0.25, 0.3) is 34.0 Å². The molecule has 0 saturated heterocycles. The number of fused-ring (bicyclic) bond motifs is 1. The van der Waals surface area contributed by atoms with Gasteiger partial charge in [-0.2, -0.15) is 18.3 Å². The number of rotatable bonds is 9. The molecular formula is C29H22F5N5O4. The number of alkyl halides is 3. The Labute approximate surface area is 240 Å². The van der Waals surface area contributed by atoms with Crippen LogP contribution in [0.2, 0.25) is 0 Å². The number of aromatic nitrogens is 5. The van der Waals surface area contributed by atoms with E-state index in [0.29, 0.717) is 5.56 Å². The number of esters is 1. The third-order valence-electron chi connectivity index (χ3n) is 6.98. The molecule has 3 aromatic rings. The fourth-order valence-electron chi connectivity index (χ4n) is 4.68. The molecule has 6 rings (SSSR count). The largest absolute Gasteiger partial charge is 0.464 e. The smallest absolute Gasteiger partial charge is 0.417 e. The summed E-state index contributed by atoms with van der Waals surface area (Å²) in [4.78, 5) is 21.6. The molecule has 1 aromatic heterocycles. The van der Waals surface area contributed by atoms with Gasteiger partial charge in [-0.1, -0.05) is 23.4 Å². The van der Waals surface area contributed by atoms with Crippen molar-refractivity contribution in [3.05, 3.63) is 83.4 Å². The SMILES string of the molecule is O=C(OCCCO)C(c1cc(-c2ccc(C3CC3)cc2C(F)(F)F)no1)n1cc2nc(-c3cccc(F)c3F)nc-2cn1. The minimum atomic E-state index is -4.67. The predicted molar refractivity (Wildman–Crippen MR) is 140 cm³/mol. The summed E-state index contributed by atoms with van der Waals surface area (Å²) in [6.45, 7) is -0.406. The van der Waals surface area contributed by atoms with Gasteiger partial charge in [-0.3, -0.25) is 0 Å². The maximum Gasteiger partial charge on any atom is 0.417 e. The zero-order chi connectivity index (χ0) is 30.3. The van der Waals surface area contributed by atoms with E-state index in [2.05, 4.69) is 20.2 Å². The van der Waals surface area contributed by atoms with Gasteiger partial charge in [0, 0.05) is 24.7 Å². The van der Waals surface area contributed by atoms with Crippen molar-refractivity contribution in [2.75, 3.05) is 13.2 Å². The Morgan fingerprint density at radius 3 is 2.60 bits per heavy atom. The van der Waals surface area contributed by atoms with E-state index in [-0.39, 0.29) is 65.3 Å². The highest BCUT2D eigenvalue weighted by Gasteiger charge is 2.37. The van der Waals surface area contributed by atoms with Crippen LogP contribution in [0.15, 0.2) is 59.4 Å². The van der Waals surface area contributed by atoms with Crippen LogP contribution in [0.1, 0.15) is 48.1 Å². The summed E-state index contributed by atoms with van der Waals surface area (Å²) in [5, 5.41) is 17.1. The van der Waals surface area contributed by atoms with Gasteiger partial charge in [0.25, 0.3) is 0 Å². The van der Waals surface area contributed by atoms with Crippen LogP contribution in [0.5, 0.6) is 0 Å². The highest BCUT2D eigenvalue weighted by molar-refractivity contribution is 5.78. The summed E-state index contributed by atoms with van der Waals surface area (Å²) >= 11 is 0. The molecule has 43 heavy (non-hydrogen) atoms. The standard InChI is InChI=1S/C29H22F5N5O4/c30-20-4-1-3-18(25(20)31)27-36-22-13-35-39(14-23(22)37-27)26(28(41)42-10-2-9-40)24-12-21(38-43-24)17-8-7-16(15-5-6-15)11-19(17)29(32,33)34/h1,3-4,7-8,11-15,26,40H,2,5-6,9-10H2. The van der Waals surface area contributed by atoms with Crippen molar-refractivity contribution in [1.29, 1.82) is 0 Å². The number of aliphatic hydroxyl groups excluding tert-OH is 1. The summed E-state index contributed by atoms with van der Waals surface area (Å²) in [5.74, 6) is -3.33. The average molecular weight is 600 g/mol. The molecule has 1 atom stereocenters. The molecule has 1 N–H and O–H groups in total. The first-order chi connectivity index (χ1) is 20.6. The van der Waals surface area contributed by atoms with Crippen molar-refractivity contribution in [3.8, 4) is 34.0 Å². The minimum Gasteiger partial charge on any atom is -0.464 e. The summed E-state index contributed by atoms with van der Waals surface area (Å²) in [5.41, 5.74) is -0.506. The Morgan fingerprint density at radius 1 is 1.07 bits per heavy atom.